The van der Waals surface area contributed by atoms with Crippen LogP contribution in [0.1, 0.15) is 25.9 Å². The van der Waals surface area contributed by atoms with Gasteiger partial charge in [-0.2, -0.15) is 0 Å². The molecule has 0 amide bonds. The van der Waals surface area contributed by atoms with E-state index < -0.39 is 32.4 Å². The number of ether oxygens (including phenoxy) is 1. The fourth-order valence-corrected chi connectivity index (χ4v) is 4.69. The van der Waals surface area contributed by atoms with E-state index >= 15 is 0 Å². The minimum atomic E-state index is -3.75. The van der Waals surface area contributed by atoms with Gasteiger partial charge < -0.3 is 15.6 Å². The number of rotatable bonds is 3. The molecule has 2 aromatic rings. The van der Waals surface area contributed by atoms with Crippen LogP contribution in [0.15, 0.2) is 6.33 Å². The van der Waals surface area contributed by atoms with Gasteiger partial charge in [-0.25, -0.2) is 19.5 Å². The Morgan fingerprint density at radius 1 is 1.46 bits per heavy atom. The molecule has 2 aliphatic rings. The van der Waals surface area contributed by atoms with Gasteiger partial charge in [-0.3, -0.25) is 18.1 Å². The van der Waals surface area contributed by atoms with Gasteiger partial charge in [0.25, 0.3) is 0 Å². The summed E-state index contributed by atoms with van der Waals surface area (Å²) < 4.78 is 35.9. The van der Waals surface area contributed by atoms with Crippen LogP contribution in [0.25, 0.3) is 11.2 Å². The topological polar surface area (TPSA) is 144 Å². The van der Waals surface area contributed by atoms with Crippen molar-refractivity contribution in [2.24, 2.45) is 0 Å². The molecular formula is C14H20N5O6P. The molecule has 0 aliphatic carbocycles. The van der Waals surface area contributed by atoms with E-state index in [-0.39, 0.29) is 18.5 Å². The monoisotopic (exact) mass is 385 g/mol. The van der Waals surface area contributed by atoms with E-state index in [0.29, 0.717) is 17.0 Å². The number of aliphatic hydroxyl groups excluding tert-OH is 1. The number of fused-ring (bicyclic) bond motifs is 2. The number of nitrogens with zero attached hydrogens (tertiary/aromatic N) is 4. The van der Waals surface area contributed by atoms with Crippen molar-refractivity contribution in [3.05, 3.63) is 12.2 Å². The number of aliphatic hydroxyl groups is 1. The van der Waals surface area contributed by atoms with Crippen LogP contribution in [-0.2, 0) is 22.9 Å². The van der Waals surface area contributed by atoms with Gasteiger partial charge in [-0.05, 0) is 20.8 Å². The minimum absolute atomic E-state index is 0.0228. The normalized spacial score (nSPS) is 34.5. The van der Waals surface area contributed by atoms with Gasteiger partial charge >= 0.3 is 7.82 Å². The molecule has 2 saturated heterocycles. The average Bonchev–Trinajstić information content (AvgIpc) is 3.08. The number of phosphoric acid groups is 1. The molecule has 4 rings (SSSR count). The number of nitrogen functional groups attached to an aromatic ring is 1. The third-order valence-electron chi connectivity index (χ3n) is 4.13. The highest BCUT2D eigenvalue weighted by Gasteiger charge is 2.53. The summed E-state index contributed by atoms with van der Waals surface area (Å²) in [5.74, 6) is 0.710. The Morgan fingerprint density at radius 3 is 2.96 bits per heavy atom. The van der Waals surface area contributed by atoms with Crippen molar-refractivity contribution in [2.45, 2.75) is 51.4 Å². The van der Waals surface area contributed by atoms with E-state index in [9.17, 15) is 9.67 Å². The maximum atomic E-state index is 12.5. The number of hydrogen-bond donors (Lipinski definition) is 2. The maximum Gasteiger partial charge on any atom is 0.475 e. The Bertz CT molecular complexity index is 888. The van der Waals surface area contributed by atoms with E-state index in [2.05, 4.69) is 15.0 Å². The molecule has 26 heavy (non-hydrogen) atoms. The minimum Gasteiger partial charge on any atom is -0.386 e. The first-order valence-corrected chi connectivity index (χ1v) is 9.65. The van der Waals surface area contributed by atoms with Crippen molar-refractivity contribution in [1.82, 2.24) is 19.5 Å². The second-order valence-corrected chi connectivity index (χ2v) is 8.08. The summed E-state index contributed by atoms with van der Waals surface area (Å²) in [7, 11) is -3.75. The fourth-order valence-electron chi connectivity index (χ4n) is 3.11. The SMILES string of the molecule is Cc1nc(N)c2ncn([C@@H]3OC4COP(=O)(OC(C)C)O[C@H]4[C@@H]3O)c2n1. The highest BCUT2D eigenvalue weighted by molar-refractivity contribution is 7.48. The predicted octanol–water partition coefficient (Wildman–Crippen LogP) is 0.924. The van der Waals surface area contributed by atoms with E-state index in [0.717, 1.165) is 0 Å². The molecule has 5 atom stereocenters. The summed E-state index contributed by atoms with van der Waals surface area (Å²) in [5.41, 5.74) is 6.71. The van der Waals surface area contributed by atoms with E-state index in [1.54, 1.807) is 25.3 Å². The first-order chi connectivity index (χ1) is 12.3. The van der Waals surface area contributed by atoms with Gasteiger partial charge in [0.05, 0.1) is 19.0 Å². The van der Waals surface area contributed by atoms with Gasteiger partial charge in [0.1, 0.15) is 29.7 Å². The van der Waals surface area contributed by atoms with Crippen LogP contribution >= 0.6 is 7.82 Å². The Labute approximate surface area is 149 Å². The summed E-state index contributed by atoms with van der Waals surface area (Å²) in [6.07, 6.45) is -2.33. The van der Waals surface area contributed by atoms with E-state index in [4.69, 9.17) is 24.0 Å². The van der Waals surface area contributed by atoms with Gasteiger partial charge in [0.15, 0.2) is 17.7 Å². The largest absolute Gasteiger partial charge is 0.475 e. The second-order valence-electron chi connectivity index (χ2n) is 6.50. The first kappa shape index (κ1) is 17.8. The number of phosphoric ester groups is 1. The fraction of sp³-hybridized carbons (Fsp3) is 0.643. The van der Waals surface area contributed by atoms with Crippen LogP contribution < -0.4 is 5.73 Å². The molecule has 4 heterocycles. The first-order valence-electron chi connectivity index (χ1n) is 8.19. The van der Waals surface area contributed by atoms with Crippen LogP contribution in [0.2, 0.25) is 0 Å². The molecule has 0 aromatic carbocycles. The lowest BCUT2D eigenvalue weighted by Gasteiger charge is -2.31. The Balaban J connectivity index is 1.64. The van der Waals surface area contributed by atoms with Crippen molar-refractivity contribution in [3.8, 4) is 0 Å². The van der Waals surface area contributed by atoms with Gasteiger partial charge in [0.2, 0.25) is 0 Å². The number of imidazole rings is 1. The van der Waals surface area contributed by atoms with Crippen molar-refractivity contribution >= 4 is 24.8 Å². The third kappa shape index (κ3) is 2.90. The zero-order valence-corrected chi connectivity index (χ0v) is 15.4. The molecule has 0 spiro atoms. The molecule has 2 aliphatic heterocycles. The van der Waals surface area contributed by atoms with E-state index in [1.807, 2.05) is 0 Å². The molecule has 11 nitrogen and oxygen atoms in total. The molecule has 0 radical (unpaired) electrons. The quantitative estimate of drug-likeness (QED) is 0.732. The Kier molecular flexibility index (Phi) is 4.25. The molecule has 3 N–H and O–H groups in total. The molecule has 142 valence electrons. The van der Waals surface area contributed by atoms with Crippen molar-refractivity contribution < 1.29 is 28.0 Å². The van der Waals surface area contributed by atoms with E-state index in [1.165, 1.54) is 6.33 Å². The molecule has 2 fully saturated rings. The number of aromatic nitrogens is 4. The van der Waals surface area contributed by atoms with Crippen molar-refractivity contribution in [2.75, 3.05) is 12.3 Å². The van der Waals surface area contributed by atoms with Crippen molar-refractivity contribution in [3.63, 3.8) is 0 Å². The predicted molar refractivity (Wildman–Crippen MR) is 89.0 cm³/mol. The maximum absolute atomic E-state index is 12.5. The summed E-state index contributed by atoms with van der Waals surface area (Å²) in [4.78, 5) is 12.6. The second kappa shape index (κ2) is 6.22. The highest BCUT2D eigenvalue weighted by atomic mass is 31.2. The molecule has 12 heteroatoms. The zero-order chi connectivity index (χ0) is 18.6. The number of nitrogens with two attached hydrogens (primary N) is 1. The van der Waals surface area contributed by atoms with Gasteiger partial charge in [-0.15, -0.1) is 0 Å². The van der Waals surface area contributed by atoms with Crippen LogP contribution in [0.3, 0.4) is 0 Å². The van der Waals surface area contributed by atoms with Crippen molar-refractivity contribution in [1.29, 1.82) is 0 Å². The molecule has 0 bridgehead atoms. The van der Waals surface area contributed by atoms with Crippen LogP contribution in [-0.4, -0.2) is 55.6 Å². The zero-order valence-electron chi connectivity index (χ0n) is 14.5. The average molecular weight is 385 g/mol. The Morgan fingerprint density at radius 2 is 2.23 bits per heavy atom. The Hall–Kier alpha value is -1.62. The highest BCUT2D eigenvalue weighted by Crippen LogP contribution is 2.57. The summed E-state index contributed by atoms with van der Waals surface area (Å²) in [6, 6.07) is 0. The lowest BCUT2D eigenvalue weighted by molar-refractivity contribution is -0.0733. The van der Waals surface area contributed by atoms with Crippen LogP contribution in [0, 0.1) is 6.92 Å². The lowest BCUT2D eigenvalue weighted by Crippen LogP contribution is -2.39. The van der Waals surface area contributed by atoms with Crippen LogP contribution in [0.4, 0.5) is 5.82 Å². The standard InChI is InChI=1S/C14H20N5O6P/c1-6(2)24-26(21)22-4-8-11(25-26)10(20)14(23-8)19-5-16-9-12(15)17-7(3)18-13(9)19/h5-6,8,10-11,14,20H,4H2,1-3H3,(H2,15,17,18)/t8?,10-,11+,14+,26?/m0/s1. The van der Waals surface area contributed by atoms with Gasteiger partial charge in [-0.1, -0.05) is 0 Å². The number of hydrogen-bond acceptors (Lipinski definition) is 10. The smallest absolute Gasteiger partial charge is 0.386 e. The summed E-state index contributed by atoms with van der Waals surface area (Å²) in [6.45, 7) is 5.11. The summed E-state index contributed by atoms with van der Waals surface area (Å²) >= 11 is 0. The lowest BCUT2D eigenvalue weighted by atomic mass is 10.1. The molecular weight excluding hydrogens is 365 g/mol. The number of aryl methyl sites for hydroxylation is 1. The molecule has 2 aromatic heterocycles. The molecule has 0 saturated carbocycles. The van der Waals surface area contributed by atoms with Gasteiger partial charge in [0, 0.05) is 0 Å². The number of anilines is 1. The molecule has 2 unspecified atom stereocenters. The third-order valence-corrected chi connectivity index (χ3v) is 5.78. The van der Waals surface area contributed by atoms with Crippen LogP contribution in [0.5, 0.6) is 0 Å². The summed E-state index contributed by atoms with van der Waals surface area (Å²) in [5, 5.41) is 10.7.